The van der Waals surface area contributed by atoms with E-state index in [9.17, 15) is 19.7 Å². The Hall–Kier alpha value is -2.20. The van der Waals surface area contributed by atoms with Crippen molar-refractivity contribution in [2.75, 3.05) is 11.9 Å². The van der Waals surface area contributed by atoms with Crippen molar-refractivity contribution < 1.29 is 24.7 Å². The molecule has 1 rings (SSSR count). The first-order chi connectivity index (χ1) is 9.85. The Labute approximate surface area is 127 Å². The number of aliphatic carboxylic acids is 1. The largest absolute Gasteiger partial charge is 0.480 e. The van der Waals surface area contributed by atoms with Crippen LogP contribution in [0.15, 0.2) is 22.7 Å². The number of carboxylic acid groups (broad SMARTS) is 1. The maximum atomic E-state index is 11.7. The van der Waals surface area contributed by atoms with Crippen LogP contribution in [-0.4, -0.2) is 39.8 Å². The summed E-state index contributed by atoms with van der Waals surface area (Å²) >= 11 is 3.11. The average Bonchev–Trinajstić information content (AvgIpc) is 2.40. The molecule has 0 aliphatic carbocycles. The molecule has 0 saturated heterocycles. The Bertz CT molecular complexity index is 565. The number of anilines is 1. The first-order valence-electron chi connectivity index (χ1n) is 5.70. The molecule has 0 fully saturated rings. The number of amides is 2. The molecule has 0 saturated carbocycles. The van der Waals surface area contributed by atoms with E-state index in [0.29, 0.717) is 4.47 Å². The van der Waals surface area contributed by atoms with Gasteiger partial charge < -0.3 is 20.8 Å². The summed E-state index contributed by atoms with van der Waals surface area (Å²) in [5, 5.41) is 32.7. The van der Waals surface area contributed by atoms with Gasteiger partial charge in [0.1, 0.15) is 6.04 Å². The molecule has 0 bridgehead atoms. The number of hydrogen-bond acceptors (Lipinski definition) is 5. The van der Waals surface area contributed by atoms with Crippen LogP contribution in [0.2, 0.25) is 0 Å². The summed E-state index contributed by atoms with van der Waals surface area (Å²) in [4.78, 5) is 32.5. The summed E-state index contributed by atoms with van der Waals surface area (Å²) in [5.74, 6) is -1.29. The normalized spacial score (nSPS) is 11.5. The summed E-state index contributed by atoms with van der Waals surface area (Å²) in [6.07, 6.45) is -0.154. The van der Waals surface area contributed by atoms with Crippen molar-refractivity contribution >= 4 is 39.3 Å². The van der Waals surface area contributed by atoms with Crippen LogP contribution in [0.1, 0.15) is 6.42 Å². The second kappa shape index (κ2) is 7.55. The number of nitro benzene ring substituents is 1. The number of hydrogen-bond donors (Lipinski definition) is 4. The van der Waals surface area contributed by atoms with E-state index in [4.69, 9.17) is 10.2 Å². The van der Waals surface area contributed by atoms with E-state index in [-0.39, 0.29) is 17.8 Å². The van der Waals surface area contributed by atoms with E-state index < -0.39 is 29.6 Å². The molecular formula is C11H12BrN3O6. The lowest BCUT2D eigenvalue weighted by Crippen LogP contribution is -2.43. The highest BCUT2D eigenvalue weighted by Crippen LogP contribution is 2.26. The fraction of sp³-hybridized carbons (Fsp3) is 0.273. The zero-order valence-electron chi connectivity index (χ0n) is 10.6. The number of rotatable bonds is 6. The number of carbonyl (C=O) groups excluding carboxylic acids is 1. The SMILES string of the molecule is O=C(Nc1cc([N+](=O)[O-])ccc1Br)N[C@H](CCO)C(=O)O. The van der Waals surface area contributed by atoms with Gasteiger partial charge >= 0.3 is 12.0 Å². The quantitative estimate of drug-likeness (QED) is 0.444. The molecule has 0 aromatic heterocycles. The maximum absolute atomic E-state index is 11.7. The molecular weight excluding hydrogens is 350 g/mol. The Morgan fingerprint density at radius 2 is 2.10 bits per heavy atom. The lowest BCUT2D eigenvalue weighted by atomic mass is 10.2. The van der Waals surface area contributed by atoms with Gasteiger partial charge in [0.05, 0.1) is 10.6 Å². The molecule has 21 heavy (non-hydrogen) atoms. The van der Waals surface area contributed by atoms with Gasteiger partial charge in [-0.2, -0.15) is 0 Å². The van der Waals surface area contributed by atoms with E-state index >= 15 is 0 Å². The van der Waals surface area contributed by atoms with E-state index in [1.165, 1.54) is 12.1 Å². The second-order valence-corrected chi connectivity index (χ2v) is 4.78. The van der Waals surface area contributed by atoms with Gasteiger partial charge in [0.15, 0.2) is 0 Å². The van der Waals surface area contributed by atoms with Crippen molar-refractivity contribution in [2.45, 2.75) is 12.5 Å². The number of aliphatic hydroxyl groups is 1. The van der Waals surface area contributed by atoms with Gasteiger partial charge in [0, 0.05) is 29.6 Å². The van der Waals surface area contributed by atoms with Gasteiger partial charge in [0.2, 0.25) is 0 Å². The highest BCUT2D eigenvalue weighted by molar-refractivity contribution is 9.10. The maximum Gasteiger partial charge on any atom is 0.326 e. The van der Waals surface area contributed by atoms with E-state index in [1.54, 1.807) is 0 Å². The van der Waals surface area contributed by atoms with Crippen LogP contribution in [-0.2, 0) is 4.79 Å². The number of carbonyl (C=O) groups is 2. The fourth-order valence-corrected chi connectivity index (χ4v) is 1.77. The number of nitro groups is 1. The Kier molecular flexibility index (Phi) is 6.06. The topological polar surface area (TPSA) is 142 Å². The smallest absolute Gasteiger partial charge is 0.326 e. The molecule has 0 aliphatic heterocycles. The molecule has 1 atom stereocenters. The summed E-state index contributed by atoms with van der Waals surface area (Å²) < 4.78 is 0.400. The summed E-state index contributed by atoms with van der Waals surface area (Å²) in [6, 6.07) is 1.66. The van der Waals surface area contributed by atoms with Crippen molar-refractivity contribution in [3.63, 3.8) is 0 Å². The number of non-ortho nitro benzene ring substituents is 1. The molecule has 2 amide bonds. The van der Waals surface area contributed by atoms with E-state index in [1.807, 2.05) is 0 Å². The number of aliphatic hydroxyl groups excluding tert-OH is 1. The van der Waals surface area contributed by atoms with Crippen molar-refractivity contribution in [3.8, 4) is 0 Å². The van der Waals surface area contributed by atoms with Crippen LogP contribution in [0.25, 0.3) is 0 Å². The standard InChI is InChI=1S/C11H12BrN3O6/c12-7-2-1-6(15(20)21)5-9(7)14-11(19)13-8(3-4-16)10(17)18/h1-2,5,8,16H,3-4H2,(H,17,18)(H2,13,14,19)/t8-/m1/s1. The zero-order valence-corrected chi connectivity index (χ0v) is 12.2. The summed E-state index contributed by atoms with van der Waals surface area (Å²) in [5.41, 5.74) is -0.103. The minimum absolute atomic E-state index is 0.120. The van der Waals surface area contributed by atoms with Gasteiger partial charge in [0.25, 0.3) is 5.69 Å². The number of nitrogens with one attached hydrogen (secondary N) is 2. The van der Waals surface area contributed by atoms with Crippen LogP contribution in [0, 0.1) is 10.1 Å². The Morgan fingerprint density at radius 1 is 1.43 bits per heavy atom. The monoisotopic (exact) mass is 361 g/mol. The number of benzene rings is 1. The van der Waals surface area contributed by atoms with E-state index in [2.05, 4.69) is 26.6 Å². The lowest BCUT2D eigenvalue weighted by Gasteiger charge is -2.14. The van der Waals surface area contributed by atoms with Crippen molar-refractivity contribution in [1.29, 1.82) is 0 Å². The molecule has 0 radical (unpaired) electrons. The third kappa shape index (κ3) is 5.00. The molecule has 0 aliphatic rings. The van der Waals surface area contributed by atoms with Crippen LogP contribution in [0.3, 0.4) is 0 Å². The highest BCUT2D eigenvalue weighted by atomic mass is 79.9. The molecule has 0 heterocycles. The molecule has 0 spiro atoms. The first-order valence-corrected chi connectivity index (χ1v) is 6.49. The van der Waals surface area contributed by atoms with Gasteiger partial charge in [-0.15, -0.1) is 0 Å². The molecule has 4 N–H and O–H groups in total. The first kappa shape index (κ1) is 16.9. The van der Waals surface area contributed by atoms with Crippen LogP contribution in [0.4, 0.5) is 16.2 Å². The number of halogens is 1. The third-order valence-electron chi connectivity index (χ3n) is 2.43. The van der Waals surface area contributed by atoms with Crippen LogP contribution < -0.4 is 10.6 Å². The van der Waals surface area contributed by atoms with Crippen molar-refractivity contribution in [2.24, 2.45) is 0 Å². The second-order valence-electron chi connectivity index (χ2n) is 3.92. The zero-order chi connectivity index (χ0) is 16.0. The fourth-order valence-electron chi connectivity index (χ4n) is 1.43. The Morgan fingerprint density at radius 3 is 2.62 bits per heavy atom. The predicted octanol–water partition coefficient (Wildman–Crippen LogP) is 1.31. The van der Waals surface area contributed by atoms with E-state index in [0.717, 1.165) is 6.07 Å². The van der Waals surface area contributed by atoms with Crippen molar-refractivity contribution in [1.82, 2.24) is 5.32 Å². The summed E-state index contributed by atoms with van der Waals surface area (Å²) in [7, 11) is 0. The average molecular weight is 362 g/mol. The minimum Gasteiger partial charge on any atom is -0.480 e. The third-order valence-corrected chi connectivity index (χ3v) is 3.12. The van der Waals surface area contributed by atoms with Crippen LogP contribution >= 0.6 is 15.9 Å². The van der Waals surface area contributed by atoms with Crippen LogP contribution in [0.5, 0.6) is 0 Å². The number of nitrogens with zero attached hydrogens (tertiary/aromatic N) is 1. The molecule has 114 valence electrons. The minimum atomic E-state index is -1.29. The lowest BCUT2D eigenvalue weighted by molar-refractivity contribution is -0.384. The highest BCUT2D eigenvalue weighted by Gasteiger charge is 2.20. The predicted molar refractivity (Wildman–Crippen MR) is 76.1 cm³/mol. The van der Waals surface area contributed by atoms with Gasteiger partial charge in [-0.1, -0.05) is 0 Å². The Balaban J connectivity index is 2.80. The van der Waals surface area contributed by atoms with Gasteiger partial charge in [-0.3, -0.25) is 10.1 Å². The van der Waals surface area contributed by atoms with Crippen molar-refractivity contribution in [3.05, 3.63) is 32.8 Å². The molecule has 0 unspecified atom stereocenters. The molecule has 9 nitrogen and oxygen atoms in total. The molecule has 1 aromatic rings. The molecule has 10 heteroatoms. The molecule has 1 aromatic carbocycles. The van der Waals surface area contributed by atoms with Gasteiger partial charge in [-0.05, 0) is 22.0 Å². The number of carboxylic acids is 1. The summed E-state index contributed by atoms with van der Waals surface area (Å²) in [6.45, 7) is -0.405. The number of urea groups is 1. The van der Waals surface area contributed by atoms with Gasteiger partial charge in [-0.25, -0.2) is 9.59 Å².